The van der Waals surface area contributed by atoms with Gasteiger partial charge in [-0.05, 0) is 26.2 Å². The number of rotatable bonds is 4. The zero-order valence-corrected chi connectivity index (χ0v) is 10.3. The average molecular weight is 250 g/mol. The number of sulfonamides is 1. The predicted molar refractivity (Wildman–Crippen MR) is 59.3 cm³/mol. The zero-order chi connectivity index (χ0) is 12.5. The first-order chi connectivity index (χ1) is 7.26. The van der Waals surface area contributed by atoms with Gasteiger partial charge in [0.25, 0.3) is 0 Å². The van der Waals surface area contributed by atoms with E-state index < -0.39 is 21.2 Å². The molecule has 0 aliphatic carbocycles. The van der Waals surface area contributed by atoms with Crippen molar-refractivity contribution in [2.45, 2.75) is 31.6 Å². The molecule has 0 spiro atoms. The lowest BCUT2D eigenvalue weighted by Crippen LogP contribution is -2.40. The second-order valence-corrected chi connectivity index (χ2v) is 6.54. The number of hydrogen-bond acceptors (Lipinski definition) is 4. The molecule has 0 aromatic rings. The molecule has 0 radical (unpaired) electrons. The van der Waals surface area contributed by atoms with E-state index in [0.29, 0.717) is 19.5 Å². The largest absolute Gasteiger partial charge is 0.480 e. The molecule has 16 heavy (non-hydrogen) atoms. The molecule has 1 aliphatic rings. The standard InChI is InChI=1S/C9H18N2O4S/c1-6(10)8-3-4-11(5-8)16(14,15)7(2)9(12)13/h6-8H,3-5,10H2,1-2H3,(H,12,13). The molecule has 7 heteroatoms. The fourth-order valence-electron chi connectivity index (χ4n) is 1.77. The van der Waals surface area contributed by atoms with E-state index >= 15 is 0 Å². The monoisotopic (exact) mass is 250 g/mol. The van der Waals surface area contributed by atoms with Crippen LogP contribution in [-0.2, 0) is 14.8 Å². The van der Waals surface area contributed by atoms with Crippen LogP contribution in [-0.4, -0.2) is 48.2 Å². The lowest BCUT2D eigenvalue weighted by atomic mass is 10.0. The molecule has 0 bridgehead atoms. The third kappa shape index (κ3) is 2.53. The van der Waals surface area contributed by atoms with Gasteiger partial charge in [-0.1, -0.05) is 0 Å². The molecule has 94 valence electrons. The highest BCUT2D eigenvalue weighted by atomic mass is 32.2. The van der Waals surface area contributed by atoms with E-state index in [4.69, 9.17) is 10.8 Å². The van der Waals surface area contributed by atoms with Crippen molar-refractivity contribution >= 4 is 16.0 Å². The van der Waals surface area contributed by atoms with Crippen LogP contribution in [0.15, 0.2) is 0 Å². The number of carboxylic acids is 1. The van der Waals surface area contributed by atoms with E-state index in [1.807, 2.05) is 6.92 Å². The number of carbonyl (C=O) groups is 1. The molecule has 3 atom stereocenters. The van der Waals surface area contributed by atoms with Crippen molar-refractivity contribution in [2.75, 3.05) is 13.1 Å². The number of aliphatic carboxylic acids is 1. The van der Waals surface area contributed by atoms with E-state index in [1.54, 1.807) is 0 Å². The second-order valence-electron chi connectivity index (χ2n) is 4.29. The highest BCUT2D eigenvalue weighted by Gasteiger charge is 2.38. The summed E-state index contributed by atoms with van der Waals surface area (Å²) in [5.41, 5.74) is 5.70. The molecular formula is C9H18N2O4S. The Hall–Kier alpha value is -0.660. The van der Waals surface area contributed by atoms with Crippen LogP contribution >= 0.6 is 0 Å². The minimum Gasteiger partial charge on any atom is -0.480 e. The molecule has 1 fully saturated rings. The molecule has 0 amide bonds. The lowest BCUT2D eigenvalue weighted by Gasteiger charge is -2.20. The van der Waals surface area contributed by atoms with Crippen LogP contribution in [0, 0.1) is 5.92 Å². The van der Waals surface area contributed by atoms with Crippen LogP contribution in [0.2, 0.25) is 0 Å². The maximum absolute atomic E-state index is 11.8. The van der Waals surface area contributed by atoms with Gasteiger partial charge in [-0.2, -0.15) is 0 Å². The van der Waals surface area contributed by atoms with Gasteiger partial charge in [-0.3, -0.25) is 4.79 Å². The van der Waals surface area contributed by atoms with Crippen LogP contribution in [0.25, 0.3) is 0 Å². The quantitative estimate of drug-likeness (QED) is 0.697. The molecule has 6 nitrogen and oxygen atoms in total. The molecule has 0 aromatic heterocycles. The summed E-state index contributed by atoms with van der Waals surface area (Å²) in [6, 6.07) is -0.0691. The fraction of sp³-hybridized carbons (Fsp3) is 0.889. The van der Waals surface area contributed by atoms with Crippen LogP contribution < -0.4 is 5.73 Å². The topological polar surface area (TPSA) is 101 Å². The summed E-state index contributed by atoms with van der Waals surface area (Å²) >= 11 is 0. The van der Waals surface area contributed by atoms with E-state index in [-0.39, 0.29) is 12.0 Å². The van der Waals surface area contributed by atoms with E-state index in [1.165, 1.54) is 11.2 Å². The van der Waals surface area contributed by atoms with Crippen LogP contribution in [0.1, 0.15) is 20.3 Å². The minimum atomic E-state index is -3.73. The summed E-state index contributed by atoms with van der Waals surface area (Å²) < 4.78 is 24.9. The first kappa shape index (κ1) is 13.4. The van der Waals surface area contributed by atoms with Gasteiger partial charge in [0.15, 0.2) is 5.25 Å². The molecule has 1 heterocycles. The van der Waals surface area contributed by atoms with Crippen molar-refractivity contribution in [3.63, 3.8) is 0 Å². The van der Waals surface area contributed by atoms with E-state index in [0.717, 1.165) is 0 Å². The molecule has 1 aliphatic heterocycles. The van der Waals surface area contributed by atoms with Gasteiger partial charge in [-0.25, -0.2) is 12.7 Å². The molecular weight excluding hydrogens is 232 g/mol. The van der Waals surface area contributed by atoms with Crippen molar-refractivity contribution in [1.82, 2.24) is 4.31 Å². The summed E-state index contributed by atoms with van der Waals surface area (Å²) in [6.45, 7) is 3.72. The number of nitrogens with zero attached hydrogens (tertiary/aromatic N) is 1. The summed E-state index contributed by atoms with van der Waals surface area (Å²) in [4.78, 5) is 10.7. The Labute approximate surface area is 95.5 Å². The summed E-state index contributed by atoms with van der Waals surface area (Å²) in [5.74, 6) is -1.19. The van der Waals surface area contributed by atoms with Gasteiger partial charge in [0.1, 0.15) is 0 Å². The van der Waals surface area contributed by atoms with Gasteiger partial charge >= 0.3 is 5.97 Å². The third-order valence-electron chi connectivity index (χ3n) is 3.09. The maximum atomic E-state index is 11.8. The molecule has 1 saturated heterocycles. The molecule has 0 aromatic carbocycles. The summed E-state index contributed by atoms with van der Waals surface area (Å²) in [5, 5.41) is 7.33. The Balaban J connectivity index is 2.77. The lowest BCUT2D eigenvalue weighted by molar-refractivity contribution is -0.136. The third-order valence-corrected chi connectivity index (χ3v) is 5.23. The normalized spacial score (nSPS) is 26.6. The van der Waals surface area contributed by atoms with Crippen LogP contribution in [0.5, 0.6) is 0 Å². The van der Waals surface area contributed by atoms with Crippen LogP contribution in [0.3, 0.4) is 0 Å². The Kier molecular flexibility index (Phi) is 3.92. The predicted octanol–water partition coefficient (Wildman–Crippen LogP) is -0.542. The number of nitrogens with two attached hydrogens (primary N) is 1. The smallest absolute Gasteiger partial charge is 0.323 e. The van der Waals surface area contributed by atoms with Crippen molar-refractivity contribution in [3.05, 3.63) is 0 Å². The minimum absolute atomic E-state index is 0.0691. The van der Waals surface area contributed by atoms with Crippen LogP contribution in [0.4, 0.5) is 0 Å². The van der Waals surface area contributed by atoms with Gasteiger partial charge in [0.2, 0.25) is 10.0 Å². The summed E-state index contributed by atoms with van der Waals surface area (Å²) in [7, 11) is -3.73. The van der Waals surface area contributed by atoms with Crippen molar-refractivity contribution in [1.29, 1.82) is 0 Å². The second kappa shape index (κ2) is 4.68. The number of carboxylic acid groups (broad SMARTS) is 1. The van der Waals surface area contributed by atoms with E-state index in [2.05, 4.69) is 0 Å². The molecule has 3 N–H and O–H groups in total. The van der Waals surface area contributed by atoms with Gasteiger partial charge in [0.05, 0.1) is 0 Å². The zero-order valence-electron chi connectivity index (χ0n) is 9.46. The van der Waals surface area contributed by atoms with Crippen molar-refractivity contribution in [2.24, 2.45) is 11.7 Å². The van der Waals surface area contributed by atoms with Crippen molar-refractivity contribution in [3.8, 4) is 0 Å². The van der Waals surface area contributed by atoms with Crippen molar-refractivity contribution < 1.29 is 18.3 Å². The molecule has 3 unspecified atom stereocenters. The highest BCUT2D eigenvalue weighted by molar-refractivity contribution is 7.90. The maximum Gasteiger partial charge on any atom is 0.323 e. The van der Waals surface area contributed by atoms with E-state index in [9.17, 15) is 13.2 Å². The first-order valence-corrected chi connectivity index (χ1v) is 6.74. The Morgan fingerprint density at radius 3 is 2.44 bits per heavy atom. The number of hydrogen-bond donors (Lipinski definition) is 2. The molecule has 0 saturated carbocycles. The summed E-state index contributed by atoms with van der Waals surface area (Å²) in [6.07, 6.45) is 0.698. The SMILES string of the molecule is CC(N)C1CCN(S(=O)(=O)C(C)C(=O)O)C1. The Morgan fingerprint density at radius 1 is 1.50 bits per heavy atom. The van der Waals surface area contributed by atoms with Gasteiger partial charge in [0, 0.05) is 19.1 Å². The Bertz CT molecular complexity index is 366. The fourth-order valence-corrected chi connectivity index (χ4v) is 3.23. The van der Waals surface area contributed by atoms with Gasteiger partial charge in [-0.15, -0.1) is 0 Å². The average Bonchev–Trinajstić information content (AvgIpc) is 2.65. The Morgan fingerprint density at radius 2 is 2.06 bits per heavy atom. The molecule has 1 rings (SSSR count). The van der Waals surface area contributed by atoms with Gasteiger partial charge < -0.3 is 10.8 Å². The highest BCUT2D eigenvalue weighted by Crippen LogP contribution is 2.23. The first-order valence-electron chi connectivity index (χ1n) is 5.24.